The van der Waals surface area contributed by atoms with Crippen molar-refractivity contribution < 1.29 is 19.2 Å². The maximum atomic E-state index is 12.2. The molecule has 0 spiro atoms. The van der Waals surface area contributed by atoms with Gasteiger partial charge in [-0.1, -0.05) is 11.6 Å². The van der Waals surface area contributed by atoms with E-state index in [-0.39, 0.29) is 18.8 Å². The molecule has 126 valence electrons. The minimum absolute atomic E-state index is 0.0210. The number of carbonyl (C=O) groups excluding carboxylic acids is 1. The van der Waals surface area contributed by atoms with Crippen molar-refractivity contribution in [3.8, 4) is 5.75 Å². The van der Waals surface area contributed by atoms with Crippen molar-refractivity contribution in [1.82, 2.24) is 4.57 Å². The van der Waals surface area contributed by atoms with E-state index in [4.69, 9.17) is 16.3 Å². The van der Waals surface area contributed by atoms with Gasteiger partial charge in [-0.05, 0) is 24.3 Å². The molecule has 24 heavy (non-hydrogen) atoms. The summed E-state index contributed by atoms with van der Waals surface area (Å²) >= 11 is 5.76. The number of aromatic nitrogens is 1. The highest BCUT2D eigenvalue weighted by Crippen LogP contribution is 2.16. The molecule has 1 aromatic carbocycles. The van der Waals surface area contributed by atoms with Crippen LogP contribution in [0.5, 0.6) is 5.75 Å². The first-order valence-corrected chi connectivity index (χ1v) is 7.15. The Morgan fingerprint density at radius 3 is 2.58 bits per heavy atom. The Morgan fingerprint density at radius 1 is 1.33 bits per heavy atom. The van der Waals surface area contributed by atoms with Crippen LogP contribution in [-0.4, -0.2) is 29.2 Å². The monoisotopic (exact) mass is 352 g/mol. The van der Waals surface area contributed by atoms with Gasteiger partial charge in [-0.2, -0.15) is 0 Å². The Balaban J connectivity index is 2.20. The average molecular weight is 353 g/mol. The van der Waals surface area contributed by atoms with E-state index in [1.165, 1.54) is 0 Å². The van der Waals surface area contributed by atoms with Crippen molar-refractivity contribution >= 4 is 23.3 Å². The largest absolute Gasteiger partial charge is 0.492 e. The van der Waals surface area contributed by atoms with Gasteiger partial charge in [0.25, 0.3) is 11.2 Å². The van der Waals surface area contributed by atoms with Crippen LogP contribution in [0.2, 0.25) is 5.02 Å². The Bertz CT molecular complexity index is 816. The highest BCUT2D eigenvalue weighted by atomic mass is 35.5. The van der Waals surface area contributed by atoms with Crippen LogP contribution in [0.3, 0.4) is 0 Å². The second kappa shape index (κ2) is 7.60. The van der Waals surface area contributed by atoms with Crippen molar-refractivity contribution in [1.29, 1.82) is 0 Å². The molecule has 0 aliphatic rings. The van der Waals surface area contributed by atoms with Crippen LogP contribution in [0.15, 0.2) is 41.3 Å². The number of hydrogen-bond donors (Lipinski definition) is 0. The first-order chi connectivity index (χ1) is 11.4. The fourth-order valence-corrected chi connectivity index (χ4v) is 2.06. The van der Waals surface area contributed by atoms with E-state index in [9.17, 15) is 19.7 Å². The highest BCUT2D eigenvalue weighted by molar-refractivity contribution is 6.30. The number of nitro groups is 1. The lowest BCUT2D eigenvalue weighted by atomic mass is 10.2. The average Bonchev–Trinajstić information content (AvgIpc) is 2.57. The summed E-state index contributed by atoms with van der Waals surface area (Å²) in [5, 5.41) is 11.5. The van der Waals surface area contributed by atoms with Crippen LogP contribution in [0.1, 0.15) is 10.4 Å². The molecule has 9 heteroatoms. The maximum Gasteiger partial charge on any atom is 0.343 e. The molecule has 0 bridgehead atoms. The minimum atomic E-state index is -0.934. The molecular formula is C15H13ClN2O6. The maximum absolute atomic E-state index is 12.2. The lowest BCUT2D eigenvalue weighted by Gasteiger charge is -2.09. The van der Waals surface area contributed by atoms with Gasteiger partial charge in [-0.3, -0.25) is 14.9 Å². The van der Waals surface area contributed by atoms with Crippen molar-refractivity contribution in [2.24, 2.45) is 0 Å². The van der Waals surface area contributed by atoms with Gasteiger partial charge in [-0.15, -0.1) is 0 Å². The second-order valence-corrected chi connectivity index (χ2v) is 5.10. The van der Waals surface area contributed by atoms with Crippen LogP contribution in [0.25, 0.3) is 0 Å². The molecule has 0 radical (unpaired) electrons. The fraction of sp³-hybridized carbons (Fsp3) is 0.200. The Morgan fingerprint density at radius 2 is 2.00 bits per heavy atom. The lowest BCUT2D eigenvalue weighted by Crippen LogP contribution is -2.28. The molecule has 0 fully saturated rings. The van der Waals surface area contributed by atoms with Crippen LogP contribution in [0, 0.1) is 10.1 Å². The van der Waals surface area contributed by atoms with Gasteiger partial charge >= 0.3 is 5.97 Å². The number of benzene rings is 1. The van der Waals surface area contributed by atoms with Gasteiger partial charge in [0.15, 0.2) is 0 Å². The number of nitrogens with zero attached hydrogens (tertiary/aromatic N) is 2. The summed E-state index contributed by atoms with van der Waals surface area (Å²) in [6.45, 7) is 0.0937. The Hall–Kier alpha value is -2.87. The summed E-state index contributed by atoms with van der Waals surface area (Å²) in [7, 11) is 1.09. The smallest absolute Gasteiger partial charge is 0.343 e. The zero-order chi connectivity index (χ0) is 17.7. The molecule has 0 saturated heterocycles. The standard InChI is InChI=1S/C15H13ClN2O6/c1-23-15(20)13-8-11(18(21)22)9-17(14(13)19)6-7-24-12-4-2-10(16)3-5-12/h2-5,8-9H,6-7H2,1H3. The zero-order valence-corrected chi connectivity index (χ0v) is 13.4. The number of carbonyl (C=O) groups is 1. The molecule has 0 amide bonds. The second-order valence-electron chi connectivity index (χ2n) is 4.66. The molecule has 0 saturated carbocycles. The summed E-state index contributed by atoms with van der Waals surface area (Å²) in [5.41, 5.74) is -1.48. The summed E-state index contributed by atoms with van der Waals surface area (Å²) < 4.78 is 11.0. The van der Waals surface area contributed by atoms with E-state index in [2.05, 4.69) is 4.74 Å². The molecule has 1 heterocycles. The molecule has 0 atom stereocenters. The van der Waals surface area contributed by atoms with Crippen molar-refractivity contribution in [3.05, 3.63) is 67.6 Å². The molecule has 1 aromatic heterocycles. The van der Waals surface area contributed by atoms with Gasteiger partial charge in [-0.25, -0.2) is 4.79 Å². The van der Waals surface area contributed by atoms with Gasteiger partial charge in [0, 0.05) is 11.1 Å². The number of rotatable bonds is 6. The third-order valence-electron chi connectivity index (χ3n) is 3.10. The number of hydrogen-bond acceptors (Lipinski definition) is 6. The summed E-state index contributed by atoms with van der Waals surface area (Å²) in [6.07, 6.45) is 1.06. The van der Waals surface area contributed by atoms with Gasteiger partial charge in [0.05, 0.1) is 24.8 Å². The van der Waals surface area contributed by atoms with Crippen LogP contribution in [-0.2, 0) is 11.3 Å². The third-order valence-corrected chi connectivity index (χ3v) is 3.35. The topological polar surface area (TPSA) is 101 Å². The van der Waals surface area contributed by atoms with Gasteiger partial charge in [0.2, 0.25) is 0 Å². The van der Waals surface area contributed by atoms with Crippen LogP contribution >= 0.6 is 11.6 Å². The van der Waals surface area contributed by atoms with E-state index in [1.807, 2.05) is 0 Å². The summed E-state index contributed by atoms with van der Waals surface area (Å²) in [6, 6.07) is 7.49. The number of pyridine rings is 1. The number of esters is 1. The molecule has 2 aromatic rings. The Kier molecular flexibility index (Phi) is 5.54. The third kappa shape index (κ3) is 4.11. The van der Waals surface area contributed by atoms with E-state index in [0.717, 1.165) is 23.9 Å². The van der Waals surface area contributed by atoms with E-state index >= 15 is 0 Å². The Labute approximate surface area is 141 Å². The molecule has 0 aliphatic carbocycles. The van der Waals surface area contributed by atoms with E-state index in [1.54, 1.807) is 24.3 Å². The summed E-state index contributed by atoms with van der Waals surface area (Å²) in [5.74, 6) is -0.401. The first-order valence-electron chi connectivity index (χ1n) is 6.78. The van der Waals surface area contributed by atoms with Crippen LogP contribution < -0.4 is 10.3 Å². The zero-order valence-electron chi connectivity index (χ0n) is 12.6. The lowest BCUT2D eigenvalue weighted by molar-refractivity contribution is -0.385. The minimum Gasteiger partial charge on any atom is -0.492 e. The molecule has 8 nitrogen and oxygen atoms in total. The van der Waals surface area contributed by atoms with Crippen LogP contribution in [0.4, 0.5) is 5.69 Å². The number of methoxy groups -OCH3 is 1. The summed E-state index contributed by atoms with van der Waals surface area (Å²) in [4.78, 5) is 34.0. The molecular weight excluding hydrogens is 340 g/mol. The fourth-order valence-electron chi connectivity index (χ4n) is 1.93. The molecule has 2 rings (SSSR count). The predicted octanol–water partition coefficient (Wildman–Crippen LogP) is 2.28. The van der Waals surface area contributed by atoms with Crippen molar-refractivity contribution in [3.63, 3.8) is 0 Å². The quantitative estimate of drug-likeness (QED) is 0.449. The van der Waals surface area contributed by atoms with Gasteiger partial charge < -0.3 is 14.0 Å². The number of ether oxygens (including phenoxy) is 2. The van der Waals surface area contributed by atoms with E-state index in [0.29, 0.717) is 10.8 Å². The van der Waals surface area contributed by atoms with Crippen molar-refractivity contribution in [2.45, 2.75) is 6.54 Å². The van der Waals surface area contributed by atoms with Crippen molar-refractivity contribution in [2.75, 3.05) is 13.7 Å². The SMILES string of the molecule is COC(=O)c1cc([N+](=O)[O-])cn(CCOc2ccc(Cl)cc2)c1=O. The molecule has 0 unspecified atom stereocenters. The first kappa shape index (κ1) is 17.5. The molecule has 0 N–H and O–H groups in total. The van der Waals surface area contributed by atoms with E-state index < -0.39 is 22.0 Å². The normalized spacial score (nSPS) is 10.2. The highest BCUT2D eigenvalue weighted by Gasteiger charge is 2.19. The molecule has 0 aliphatic heterocycles. The van der Waals surface area contributed by atoms with Gasteiger partial charge in [0.1, 0.15) is 17.9 Å². The predicted molar refractivity (Wildman–Crippen MR) is 85.6 cm³/mol. The number of halogens is 1.